The van der Waals surface area contributed by atoms with Crippen LogP contribution in [0.2, 0.25) is 0 Å². The third-order valence-electron chi connectivity index (χ3n) is 3.76. The number of unbranched alkanes of at least 4 members (excludes halogenated alkanes) is 7. The lowest BCUT2D eigenvalue weighted by Gasteiger charge is -2.18. The van der Waals surface area contributed by atoms with Gasteiger partial charge in [0.15, 0.2) is 0 Å². The van der Waals surface area contributed by atoms with Crippen molar-refractivity contribution in [3.8, 4) is 0 Å². The van der Waals surface area contributed by atoms with Crippen LogP contribution in [-0.2, 0) is 9.53 Å². The van der Waals surface area contributed by atoms with Crippen LogP contribution in [0, 0.1) is 11.8 Å². The maximum Gasteiger partial charge on any atom is 0.309 e. The molecule has 0 amide bonds. The highest BCUT2D eigenvalue weighted by Gasteiger charge is 2.22. The molecule has 0 saturated heterocycles. The van der Waals surface area contributed by atoms with Crippen molar-refractivity contribution in [2.24, 2.45) is 11.8 Å². The lowest BCUT2D eigenvalue weighted by molar-refractivity contribution is -0.149. The molecule has 0 radical (unpaired) electrons. The van der Waals surface area contributed by atoms with Crippen LogP contribution in [0.25, 0.3) is 0 Å². The summed E-state index contributed by atoms with van der Waals surface area (Å²) >= 11 is 0. The summed E-state index contributed by atoms with van der Waals surface area (Å²) in [4.78, 5) is 11.8. The third-order valence-corrected chi connectivity index (χ3v) is 3.76. The van der Waals surface area contributed by atoms with Crippen LogP contribution in [-0.4, -0.2) is 12.6 Å². The number of hydrogen-bond acceptors (Lipinski definition) is 2. The van der Waals surface area contributed by atoms with Crippen LogP contribution >= 0.6 is 0 Å². The normalized spacial score (nSPS) is 12.7. The molecule has 2 nitrogen and oxygen atoms in total. The molecule has 0 aliphatic heterocycles. The van der Waals surface area contributed by atoms with E-state index in [9.17, 15) is 4.79 Å². The van der Waals surface area contributed by atoms with Crippen molar-refractivity contribution in [2.75, 3.05) is 6.61 Å². The van der Waals surface area contributed by atoms with Crippen LogP contribution < -0.4 is 0 Å². The molecule has 0 fully saturated rings. The lowest BCUT2D eigenvalue weighted by atomic mass is 9.90. The molecular formula is C17H34O2. The molecule has 0 aliphatic rings. The van der Waals surface area contributed by atoms with Gasteiger partial charge < -0.3 is 4.74 Å². The second-order valence-corrected chi connectivity index (χ2v) is 5.87. The molecule has 2 heteroatoms. The number of carbonyl (C=O) groups excluding carboxylic acids is 1. The Morgan fingerprint density at radius 3 is 1.89 bits per heavy atom. The highest BCUT2D eigenvalue weighted by atomic mass is 16.5. The van der Waals surface area contributed by atoms with Gasteiger partial charge in [-0.05, 0) is 19.3 Å². The van der Waals surface area contributed by atoms with Crippen LogP contribution in [0.1, 0.15) is 85.5 Å². The number of rotatable bonds is 12. The van der Waals surface area contributed by atoms with E-state index in [-0.39, 0.29) is 11.9 Å². The molecule has 0 aliphatic carbocycles. The van der Waals surface area contributed by atoms with Crippen molar-refractivity contribution >= 4 is 5.97 Å². The standard InChI is InChI=1S/C17H34O2/c1-5-7-8-9-10-11-12-13-14-16(15(3)4)17(18)19-6-2/h15-16H,5-14H2,1-4H3. The predicted molar refractivity (Wildman–Crippen MR) is 82.2 cm³/mol. The van der Waals surface area contributed by atoms with E-state index in [1.54, 1.807) is 0 Å². The molecule has 0 saturated carbocycles. The molecule has 0 spiro atoms. The first kappa shape index (κ1) is 18.5. The molecule has 114 valence electrons. The molecule has 0 N–H and O–H groups in total. The summed E-state index contributed by atoms with van der Waals surface area (Å²) in [7, 11) is 0. The van der Waals surface area contributed by atoms with E-state index in [4.69, 9.17) is 4.74 Å². The third kappa shape index (κ3) is 9.98. The lowest BCUT2D eigenvalue weighted by Crippen LogP contribution is -2.22. The zero-order chi connectivity index (χ0) is 14.5. The minimum atomic E-state index is 0.000413. The van der Waals surface area contributed by atoms with E-state index in [1.165, 1.54) is 44.9 Å². The largest absolute Gasteiger partial charge is 0.466 e. The molecule has 1 atom stereocenters. The van der Waals surface area contributed by atoms with Crippen molar-refractivity contribution in [3.05, 3.63) is 0 Å². The molecule has 19 heavy (non-hydrogen) atoms. The van der Waals surface area contributed by atoms with E-state index >= 15 is 0 Å². The Balaban J connectivity index is 3.62. The minimum Gasteiger partial charge on any atom is -0.466 e. The first-order valence-corrected chi connectivity index (χ1v) is 8.30. The van der Waals surface area contributed by atoms with Gasteiger partial charge in [-0.25, -0.2) is 0 Å². The van der Waals surface area contributed by atoms with E-state index in [2.05, 4.69) is 20.8 Å². The van der Waals surface area contributed by atoms with Gasteiger partial charge in [-0.2, -0.15) is 0 Å². The maximum absolute atomic E-state index is 11.8. The molecule has 0 heterocycles. The Morgan fingerprint density at radius 2 is 1.42 bits per heavy atom. The van der Waals surface area contributed by atoms with Crippen molar-refractivity contribution in [3.63, 3.8) is 0 Å². The number of carbonyl (C=O) groups is 1. The average Bonchev–Trinajstić information content (AvgIpc) is 2.36. The first-order chi connectivity index (χ1) is 9.13. The highest BCUT2D eigenvalue weighted by molar-refractivity contribution is 5.72. The highest BCUT2D eigenvalue weighted by Crippen LogP contribution is 2.21. The van der Waals surface area contributed by atoms with E-state index < -0.39 is 0 Å². The number of esters is 1. The Morgan fingerprint density at radius 1 is 0.895 bits per heavy atom. The minimum absolute atomic E-state index is 0.000413. The van der Waals surface area contributed by atoms with Crippen LogP contribution in [0.5, 0.6) is 0 Å². The van der Waals surface area contributed by atoms with Crippen molar-refractivity contribution < 1.29 is 9.53 Å². The Kier molecular flexibility index (Phi) is 12.2. The fourth-order valence-electron chi connectivity index (χ4n) is 2.47. The Labute approximate surface area is 120 Å². The van der Waals surface area contributed by atoms with Gasteiger partial charge in [-0.15, -0.1) is 0 Å². The fraction of sp³-hybridized carbons (Fsp3) is 0.941. The van der Waals surface area contributed by atoms with Gasteiger partial charge >= 0.3 is 5.97 Å². The van der Waals surface area contributed by atoms with Gasteiger partial charge in [0.1, 0.15) is 0 Å². The molecule has 0 rings (SSSR count). The number of ether oxygens (including phenoxy) is 1. The predicted octanol–water partition coefficient (Wildman–Crippen LogP) is 5.35. The summed E-state index contributed by atoms with van der Waals surface area (Å²) in [5.41, 5.74) is 0. The molecule has 0 aromatic heterocycles. The molecule has 0 aromatic rings. The summed E-state index contributed by atoms with van der Waals surface area (Å²) in [5, 5.41) is 0. The SMILES string of the molecule is CCCCCCCCCCC(C(=O)OCC)C(C)C. The van der Waals surface area contributed by atoms with E-state index in [0.717, 1.165) is 12.8 Å². The Hall–Kier alpha value is -0.530. The van der Waals surface area contributed by atoms with Crippen LogP contribution in [0.4, 0.5) is 0 Å². The van der Waals surface area contributed by atoms with E-state index in [1.807, 2.05) is 6.92 Å². The summed E-state index contributed by atoms with van der Waals surface area (Å²) < 4.78 is 5.15. The second-order valence-electron chi connectivity index (χ2n) is 5.87. The zero-order valence-electron chi connectivity index (χ0n) is 13.5. The van der Waals surface area contributed by atoms with Gasteiger partial charge in [-0.1, -0.05) is 72.1 Å². The molecule has 1 unspecified atom stereocenters. The van der Waals surface area contributed by atoms with Crippen LogP contribution in [0.3, 0.4) is 0 Å². The van der Waals surface area contributed by atoms with Crippen molar-refractivity contribution in [2.45, 2.75) is 85.5 Å². The van der Waals surface area contributed by atoms with Gasteiger partial charge in [0.2, 0.25) is 0 Å². The zero-order valence-corrected chi connectivity index (χ0v) is 13.5. The molecular weight excluding hydrogens is 236 g/mol. The first-order valence-electron chi connectivity index (χ1n) is 8.30. The summed E-state index contributed by atoms with van der Waals surface area (Å²) in [6.07, 6.45) is 11.5. The van der Waals surface area contributed by atoms with Gasteiger partial charge in [0.25, 0.3) is 0 Å². The Bertz CT molecular complexity index is 211. The quantitative estimate of drug-likeness (QED) is 0.353. The summed E-state index contributed by atoms with van der Waals surface area (Å²) in [6.45, 7) is 8.87. The van der Waals surface area contributed by atoms with Crippen LogP contribution in [0.15, 0.2) is 0 Å². The monoisotopic (exact) mass is 270 g/mol. The average molecular weight is 270 g/mol. The maximum atomic E-state index is 11.8. The summed E-state index contributed by atoms with van der Waals surface area (Å²) in [6, 6.07) is 0. The van der Waals surface area contributed by atoms with Gasteiger partial charge in [0, 0.05) is 0 Å². The molecule has 0 aromatic carbocycles. The smallest absolute Gasteiger partial charge is 0.309 e. The molecule has 0 bridgehead atoms. The fourth-order valence-corrected chi connectivity index (χ4v) is 2.47. The topological polar surface area (TPSA) is 26.3 Å². The summed E-state index contributed by atoms with van der Waals surface area (Å²) in [5.74, 6) is 0.490. The number of hydrogen-bond donors (Lipinski definition) is 0. The van der Waals surface area contributed by atoms with Gasteiger partial charge in [-0.3, -0.25) is 4.79 Å². The van der Waals surface area contributed by atoms with Crippen molar-refractivity contribution in [1.29, 1.82) is 0 Å². The van der Waals surface area contributed by atoms with E-state index in [0.29, 0.717) is 12.5 Å². The van der Waals surface area contributed by atoms with Gasteiger partial charge in [0.05, 0.1) is 12.5 Å². The second kappa shape index (κ2) is 12.5. The van der Waals surface area contributed by atoms with Crippen molar-refractivity contribution in [1.82, 2.24) is 0 Å².